The van der Waals surface area contributed by atoms with Gasteiger partial charge in [-0.25, -0.2) is 0 Å². The monoisotopic (exact) mass is 325 g/mol. The normalized spacial score (nSPS) is 24.2. The SMILES string of the molecule is CC1CN(CC(=O)Nc2ccccc2Br)C(C)CN1. The van der Waals surface area contributed by atoms with Crippen LogP contribution in [-0.2, 0) is 4.79 Å². The van der Waals surface area contributed by atoms with E-state index in [0.717, 1.165) is 23.2 Å². The van der Waals surface area contributed by atoms with E-state index < -0.39 is 0 Å². The standard InChI is InChI=1S/C14H20BrN3O/c1-10-8-18(11(2)7-16-10)9-14(19)17-13-6-4-3-5-12(13)15/h3-6,10-11,16H,7-9H2,1-2H3,(H,17,19). The average Bonchev–Trinajstić information content (AvgIpc) is 2.37. The van der Waals surface area contributed by atoms with Crippen molar-refractivity contribution in [2.24, 2.45) is 0 Å². The number of amides is 1. The molecule has 0 bridgehead atoms. The van der Waals surface area contributed by atoms with Gasteiger partial charge in [0.2, 0.25) is 5.91 Å². The summed E-state index contributed by atoms with van der Waals surface area (Å²) in [6.45, 7) is 6.57. The molecule has 0 aromatic heterocycles. The number of benzene rings is 1. The number of hydrogen-bond donors (Lipinski definition) is 2. The van der Waals surface area contributed by atoms with Crippen LogP contribution in [0, 0.1) is 0 Å². The van der Waals surface area contributed by atoms with E-state index in [-0.39, 0.29) is 5.91 Å². The quantitative estimate of drug-likeness (QED) is 0.894. The molecule has 4 nitrogen and oxygen atoms in total. The van der Waals surface area contributed by atoms with E-state index in [0.29, 0.717) is 18.6 Å². The van der Waals surface area contributed by atoms with Gasteiger partial charge in [-0.15, -0.1) is 0 Å². The minimum atomic E-state index is 0.0350. The Bertz CT molecular complexity index is 452. The van der Waals surface area contributed by atoms with Crippen LogP contribution < -0.4 is 10.6 Å². The second kappa shape index (κ2) is 6.50. The van der Waals surface area contributed by atoms with Crippen LogP contribution >= 0.6 is 15.9 Å². The van der Waals surface area contributed by atoms with Gasteiger partial charge < -0.3 is 10.6 Å². The largest absolute Gasteiger partial charge is 0.324 e. The first kappa shape index (κ1) is 14.5. The fraction of sp³-hybridized carbons (Fsp3) is 0.500. The molecule has 19 heavy (non-hydrogen) atoms. The Labute approximate surface area is 122 Å². The molecule has 1 aliphatic rings. The first-order valence-electron chi connectivity index (χ1n) is 6.58. The maximum atomic E-state index is 12.1. The summed E-state index contributed by atoms with van der Waals surface area (Å²) in [6.07, 6.45) is 0. The van der Waals surface area contributed by atoms with Crippen molar-refractivity contribution in [3.63, 3.8) is 0 Å². The van der Waals surface area contributed by atoms with Gasteiger partial charge in [0, 0.05) is 29.6 Å². The maximum absolute atomic E-state index is 12.1. The molecular formula is C14H20BrN3O. The number of para-hydroxylation sites is 1. The molecule has 1 saturated heterocycles. The van der Waals surface area contributed by atoms with Crippen molar-refractivity contribution in [3.05, 3.63) is 28.7 Å². The number of halogens is 1. The molecule has 1 aromatic carbocycles. The fourth-order valence-corrected chi connectivity index (χ4v) is 2.64. The molecule has 1 aromatic rings. The van der Waals surface area contributed by atoms with Crippen molar-refractivity contribution >= 4 is 27.5 Å². The van der Waals surface area contributed by atoms with Gasteiger partial charge in [0.05, 0.1) is 12.2 Å². The Hall–Kier alpha value is -0.910. The molecule has 0 aliphatic carbocycles. The summed E-state index contributed by atoms with van der Waals surface area (Å²) >= 11 is 3.43. The summed E-state index contributed by atoms with van der Waals surface area (Å²) in [6, 6.07) is 8.49. The molecule has 5 heteroatoms. The van der Waals surface area contributed by atoms with Crippen LogP contribution in [0.25, 0.3) is 0 Å². The zero-order chi connectivity index (χ0) is 13.8. The molecule has 1 fully saturated rings. The summed E-state index contributed by atoms with van der Waals surface area (Å²) in [5.41, 5.74) is 0.823. The van der Waals surface area contributed by atoms with Gasteiger partial charge in [0.1, 0.15) is 0 Å². The first-order valence-corrected chi connectivity index (χ1v) is 7.37. The smallest absolute Gasteiger partial charge is 0.238 e. The number of anilines is 1. The van der Waals surface area contributed by atoms with Gasteiger partial charge in [-0.3, -0.25) is 9.69 Å². The average molecular weight is 326 g/mol. The zero-order valence-electron chi connectivity index (χ0n) is 11.3. The van der Waals surface area contributed by atoms with Gasteiger partial charge in [0.15, 0.2) is 0 Å². The lowest BCUT2D eigenvalue weighted by Gasteiger charge is -2.36. The van der Waals surface area contributed by atoms with E-state index in [4.69, 9.17) is 0 Å². The number of carbonyl (C=O) groups excluding carboxylic acids is 1. The molecule has 2 N–H and O–H groups in total. The Morgan fingerprint density at radius 3 is 2.95 bits per heavy atom. The second-order valence-corrected chi connectivity index (χ2v) is 5.97. The predicted molar refractivity (Wildman–Crippen MR) is 81.3 cm³/mol. The molecule has 2 atom stereocenters. The molecule has 0 spiro atoms. The van der Waals surface area contributed by atoms with E-state index in [9.17, 15) is 4.79 Å². The summed E-state index contributed by atoms with van der Waals surface area (Å²) in [5.74, 6) is 0.0350. The van der Waals surface area contributed by atoms with E-state index in [2.05, 4.69) is 45.3 Å². The van der Waals surface area contributed by atoms with Crippen molar-refractivity contribution in [3.8, 4) is 0 Å². The summed E-state index contributed by atoms with van der Waals surface area (Å²) in [4.78, 5) is 14.3. The lowest BCUT2D eigenvalue weighted by Crippen LogP contribution is -2.55. The minimum absolute atomic E-state index is 0.0350. The van der Waals surface area contributed by atoms with Crippen LogP contribution in [0.15, 0.2) is 28.7 Å². The predicted octanol–water partition coefficient (Wildman–Crippen LogP) is 2.07. The highest BCUT2D eigenvalue weighted by molar-refractivity contribution is 9.10. The van der Waals surface area contributed by atoms with E-state index >= 15 is 0 Å². The van der Waals surface area contributed by atoms with Crippen molar-refractivity contribution in [1.29, 1.82) is 0 Å². The number of hydrogen-bond acceptors (Lipinski definition) is 3. The lowest BCUT2D eigenvalue weighted by atomic mass is 10.1. The van der Waals surface area contributed by atoms with E-state index in [1.54, 1.807) is 0 Å². The number of rotatable bonds is 3. The Morgan fingerprint density at radius 1 is 1.47 bits per heavy atom. The van der Waals surface area contributed by atoms with Gasteiger partial charge in [-0.2, -0.15) is 0 Å². The molecule has 1 aliphatic heterocycles. The highest BCUT2D eigenvalue weighted by Gasteiger charge is 2.24. The number of nitrogens with one attached hydrogen (secondary N) is 2. The molecule has 0 saturated carbocycles. The molecule has 2 rings (SSSR count). The Kier molecular flexibility index (Phi) is 4.96. The van der Waals surface area contributed by atoms with Crippen molar-refractivity contribution in [1.82, 2.24) is 10.2 Å². The Morgan fingerprint density at radius 2 is 2.21 bits per heavy atom. The van der Waals surface area contributed by atoms with Crippen LogP contribution in [-0.4, -0.2) is 42.5 Å². The number of nitrogens with zero attached hydrogens (tertiary/aromatic N) is 1. The number of carbonyl (C=O) groups is 1. The van der Waals surface area contributed by atoms with Crippen LogP contribution in [0.5, 0.6) is 0 Å². The maximum Gasteiger partial charge on any atom is 0.238 e. The van der Waals surface area contributed by atoms with Crippen LogP contribution in [0.3, 0.4) is 0 Å². The third-order valence-electron chi connectivity index (χ3n) is 3.39. The van der Waals surface area contributed by atoms with Crippen LogP contribution in [0.2, 0.25) is 0 Å². The van der Waals surface area contributed by atoms with Gasteiger partial charge >= 0.3 is 0 Å². The van der Waals surface area contributed by atoms with E-state index in [1.807, 2.05) is 24.3 Å². The molecule has 104 valence electrons. The van der Waals surface area contributed by atoms with Gasteiger partial charge in [-0.05, 0) is 41.9 Å². The molecule has 0 radical (unpaired) electrons. The van der Waals surface area contributed by atoms with Gasteiger partial charge in [0.25, 0.3) is 0 Å². The van der Waals surface area contributed by atoms with Crippen molar-refractivity contribution < 1.29 is 4.79 Å². The molecular weight excluding hydrogens is 306 g/mol. The van der Waals surface area contributed by atoms with Crippen molar-refractivity contribution in [2.45, 2.75) is 25.9 Å². The third kappa shape index (κ3) is 4.03. The summed E-state index contributed by atoms with van der Waals surface area (Å²) < 4.78 is 0.907. The highest BCUT2D eigenvalue weighted by Crippen LogP contribution is 2.21. The lowest BCUT2D eigenvalue weighted by molar-refractivity contribution is -0.118. The van der Waals surface area contributed by atoms with Crippen molar-refractivity contribution in [2.75, 3.05) is 25.0 Å². The number of piperazine rings is 1. The second-order valence-electron chi connectivity index (χ2n) is 5.12. The van der Waals surface area contributed by atoms with Crippen LogP contribution in [0.4, 0.5) is 5.69 Å². The third-order valence-corrected chi connectivity index (χ3v) is 4.08. The topological polar surface area (TPSA) is 44.4 Å². The zero-order valence-corrected chi connectivity index (χ0v) is 12.9. The molecule has 1 heterocycles. The van der Waals surface area contributed by atoms with Crippen LogP contribution in [0.1, 0.15) is 13.8 Å². The van der Waals surface area contributed by atoms with Gasteiger partial charge in [-0.1, -0.05) is 12.1 Å². The fourth-order valence-electron chi connectivity index (χ4n) is 2.25. The highest BCUT2D eigenvalue weighted by atomic mass is 79.9. The van der Waals surface area contributed by atoms with E-state index in [1.165, 1.54) is 0 Å². The first-order chi connectivity index (χ1) is 9.06. The summed E-state index contributed by atoms with van der Waals surface area (Å²) in [5, 5.41) is 6.36. The summed E-state index contributed by atoms with van der Waals surface area (Å²) in [7, 11) is 0. The molecule has 1 amide bonds. The molecule has 2 unspecified atom stereocenters. The minimum Gasteiger partial charge on any atom is -0.324 e. The Balaban J connectivity index is 1.92.